The van der Waals surface area contributed by atoms with Crippen molar-refractivity contribution in [2.75, 3.05) is 13.2 Å². The molecule has 0 aromatic heterocycles. The summed E-state index contributed by atoms with van der Waals surface area (Å²) in [4.78, 5) is 38.0. The number of hydrogen-bond donors (Lipinski definition) is 0. The maximum Gasteiger partial charge on any atom is 0.306 e. The highest BCUT2D eigenvalue weighted by Gasteiger charge is 2.19. The Morgan fingerprint density at radius 3 is 1.18 bits per heavy atom. The molecule has 0 rings (SSSR count). The quantitative estimate of drug-likeness (QED) is 0.0199. The third-order valence-corrected chi connectivity index (χ3v) is 10.7. The highest BCUT2D eigenvalue weighted by molar-refractivity contribution is 5.71. The summed E-state index contributed by atoms with van der Waals surface area (Å²) in [6, 6.07) is 0. The van der Waals surface area contributed by atoms with Crippen molar-refractivity contribution in [1.29, 1.82) is 0 Å². The van der Waals surface area contributed by atoms with E-state index in [0.29, 0.717) is 19.3 Å². The van der Waals surface area contributed by atoms with Gasteiger partial charge in [0, 0.05) is 19.3 Å². The summed E-state index contributed by atoms with van der Waals surface area (Å²) in [5, 5.41) is 0. The van der Waals surface area contributed by atoms with Crippen molar-refractivity contribution in [3.05, 3.63) is 134 Å². The van der Waals surface area contributed by atoms with E-state index in [1.165, 1.54) is 77.0 Å². The van der Waals surface area contributed by atoms with Crippen LogP contribution >= 0.6 is 0 Å². The second-order valence-corrected chi connectivity index (χ2v) is 17.1. The summed E-state index contributed by atoms with van der Waals surface area (Å²) in [5.41, 5.74) is 0. The summed E-state index contributed by atoms with van der Waals surface area (Å²) in [6.07, 6.45) is 75.8. The zero-order chi connectivity index (χ0) is 48.6. The lowest BCUT2D eigenvalue weighted by Gasteiger charge is -2.18. The molecule has 0 saturated carbocycles. The van der Waals surface area contributed by atoms with Crippen molar-refractivity contribution < 1.29 is 28.6 Å². The minimum absolute atomic E-state index is 0.124. The fourth-order valence-corrected chi connectivity index (χ4v) is 6.79. The number of unbranched alkanes of at least 4 members (excludes halogenated alkanes) is 17. The molecule has 0 spiro atoms. The topological polar surface area (TPSA) is 78.9 Å². The molecule has 376 valence electrons. The van der Waals surface area contributed by atoms with Crippen LogP contribution in [-0.2, 0) is 28.6 Å². The molecule has 6 heteroatoms. The molecule has 1 unspecified atom stereocenters. The summed E-state index contributed by atoms with van der Waals surface area (Å²) < 4.78 is 16.7. The first kappa shape index (κ1) is 62.5. The predicted molar refractivity (Wildman–Crippen MR) is 288 cm³/mol. The van der Waals surface area contributed by atoms with Crippen LogP contribution in [0.2, 0.25) is 0 Å². The van der Waals surface area contributed by atoms with Gasteiger partial charge >= 0.3 is 17.9 Å². The Labute approximate surface area is 411 Å². The lowest BCUT2D eigenvalue weighted by Crippen LogP contribution is -2.30. The van der Waals surface area contributed by atoms with E-state index in [2.05, 4.69) is 106 Å². The number of rotatable bonds is 46. The summed E-state index contributed by atoms with van der Waals surface area (Å²) in [7, 11) is 0. The Balaban J connectivity index is 4.58. The molecule has 0 amide bonds. The highest BCUT2D eigenvalue weighted by atomic mass is 16.6. The van der Waals surface area contributed by atoms with Crippen LogP contribution in [0.5, 0.6) is 0 Å². The fourth-order valence-electron chi connectivity index (χ4n) is 6.79. The Morgan fingerprint density at radius 2 is 0.672 bits per heavy atom. The maximum absolute atomic E-state index is 12.8. The molecule has 0 N–H and O–H groups in total. The van der Waals surface area contributed by atoms with Gasteiger partial charge in [-0.25, -0.2) is 0 Å². The summed E-state index contributed by atoms with van der Waals surface area (Å²) in [6.45, 7) is 6.27. The maximum atomic E-state index is 12.8. The van der Waals surface area contributed by atoms with Crippen molar-refractivity contribution in [2.24, 2.45) is 0 Å². The number of carbonyl (C=O) groups excluding carboxylic acids is 3. The van der Waals surface area contributed by atoms with Gasteiger partial charge in [-0.15, -0.1) is 0 Å². The Bertz CT molecular complexity index is 1480. The zero-order valence-corrected chi connectivity index (χ0v) is 42.9. The van der Waals surface area contributed by atoms with Crippen LogP contribution in [0.1, 0.15) is 213 Å². The van der Waals surface area contributed by atoms with E-state index in [9.17, 15) is 14.4 Å². The van der Waals surface area contributed by atoms with E-state index in [0.717, 1.165) is 89.9 Å². The van der Waals surface area contributed by atoms with Crippen LogP contribution in [0, 0.1) is 0 Å². The van der Waals surface area contributed by atoms with Gasteiger partial charge < -0.3 is 14.2 Å². The molecule has 0 fully saturated rings. The molecule has 1 atom stereocenters. The first-order valence-electron chi connectivity index (χ1n) is 26.8. The van der Waals surface area contributed by atoms with E-state index >= 15 is 0 Å². The number of ether oxygens (including phenoxy) is 3. The van der Waals surface area contributed by atoms with Crippen molar-refractivity contribution in [3.63, 3.8) is 0 Å². The summed E-state index contributed by atoms with van der Waals surface area (Å²) in [5.74, 6) is -1.03. The number of allylic oxidation sites excluding steroid dienone is 22. The van der Waals surface area contributed by atoms with Gasteiger partial charge in [0.2, 0.25) is 0 Å². The SMILES string of the molecule is CC\C=C/C=C\C=C/C=C\C=C/CCCCCC(=O)OCC(COC(=O)CCC/C=C\C/C=C\C/C=C\C/C=C\C/C=C\CC)OC(=O)CCCCCCCCC/C=C\CCCCCCCC. The zero-order valence-electron chi connectivity index (χ0n) is 42.9. The van der Waals surface area contributed by atoms with E-state index < -0.39 is 6.10 Å². The molecule has 0 aliphatic rings. The highest BCUT2D eigenvalue weighted by Crippen LogP contribution is 2.13. The first-order chi connectivity index (χ1) is 33.0. The smallest absolute Gasteiger partial charge is 0.306 e. The lowest BCUT2D eigenvalue weighted by molar-refractivity contribution is -0.167. The molecule has 0 heterocycles. The van der Waals surface area contributed by atoms with Gasteiger partial charge in [-0.05, 0) is 103 Å². The second kappa shape index (κ2) is 54.2. The van der Waals surface area contributed by atoms with Crippen LogP contribution in [0.3, 0.4) is 0 Å². The van der Waals surface area contributed by atoms with Gasteiger partial charge in [-0.3, -0.25) is 14.4 Å². The second-order valence-electron chi connectivity index (χ2n) is 17.1. The van der Waals surface area contributed by atoms with Crippen molar-refractivity contribution in [3.8, 4) is 0 Å². The molecule has 0 radical (unpaired) electrons. The van der Waals surface area contributed by atoms with E-state index in [4.69, 9.17) is 14.2 Å². The van der Waals surface area contributed by atoms with Gasteiger partial charge in [0.05, 0.1) is 0 Å². The average Bonchev–Trinajstić information content (AvgIpc) is 3.33. The number of esters is 3. The van der Waals surface area contributed by atoms with E-state index in [1.54, 1.807) is 0 Å². The van der Waals surface area contributed by atoms with Gasteiger partial charge in [0.1, 0.15) is 13.2 Å². The number of carbonyl (C=O) groups is 3. The molecule has 0 aromatic rings. The van der Waals surface area contributed by atoms with Crippen LogP contribution < -0.4 is 0 Å². The monoisotopic (exact) mass is 925 g/mol. The van der Waals surface area contributed by atoms with Gasteiger partial charge in [0.15, 0.2) is 6.10 Å². The molecular weight excluding hydrogens is 829 g/mol. The predicted octanol–water partition coefficient (Wildman–Crippen LogP) is 17.9. The third-order valence-electron chi connectivity index (χ3n) is 10.7. The van der Waals surface area contributed by atoms with Crippen LogP contribution in [-0.4, -0.2) is 37.2 Å². The van der Waals surface area contributed by atoms with Crippen molar-refractivity contribution in [1.82, 2.24) is 0 Å². The molecule has 67 heavy (non-hydrogen) atoms. The van der Waals surface area contributed by atoms with E-state index in [-0.39, 0.29) is 37.5 Å². The summed E-state index contributed by atoms with van der Waals surface area (Å²) >= 11 is 0. The minimum Gasteiger partial charge on any atom is -0.462 e. The fraction of sp³-hybridized carbons (Fsp3) is 0.590. The largest absolute Gasteiger partial charge is 0.462 e. The normalized spacial score (nSPS) is 13.2. The van der Waals surface area contributed by atoms with Gasteiger partial charge in [-0.1, -0.05) is 225 Å². The lowest BCUT2D eigenvalue weighted by atomic mass is 10.1. The Morgan fingerprint density at radius 1 is 0.328 bits per heavy atom. The van der Waals surface area contributed by atoms with Crippen LogP contribution in [0.15, 0.2) is 134 Å². The number of hydrogen-bond acceptors (Lipinski definition) is 6. The Kier molecular flexibility index (Phi) is 50.6. The third kappa shape index (κ3) is 52.4. The standard InChI is InChI=1S/C61H96O6/c1-4-7-10-13-16-19-22-25-28-30-33-36-39-42-45-48-51-54-60(63)66-57-58(56-65-59(62)53-50-47-44-41-38-35-32-27-24-21-18-15-12-9-6-3)67-61(64)55-52-49-46-43-40-37-34-31-29-26-23-20-17-14-11-8-5-2/h7,9-10,12,15-16,18-19,21,24-29,32-33,35-36,38,42,45,58H,4-6,8,11,13-14,17,20,22-23,30-31,34,37,39-41,43-44,46-57H2,1-3H3/b10-7-,12-9-,18-15-,19-16-,24-21-,28-25-,29-26-,32-27-,36-33-,38-35-,45-42-. The van der Waals surface area contributed by atoms with Crippen LogP contribution in [0.4, 0.5) is 0 Å². The van der Waals surface area contributed by atoms with Crippen LogP contribution in [0.25, 0.3) is 0 Å². The van der Waals surface area contributed by atoms with Crippen molar-refractivity contribution >= 4 is 17.9 Å². The first-order valence-corrected chi connectivity index (χ1v) is 26.8. The molecule has 0 aromatic carbocycles. The Hall–Kier alpha value is -4.45. The minimum atomic E-state index is -0.826. The molecule has 0 aliphatic carbocycles. The van der Waals surface area contributed by atoms with Gasteiger partial charge in [-0.2, -0.15) is 0 Å². The molecule has 0 aliphatic heterocycles. The average molecular weight is 925 g/mol. The molecule has 6 nitrogen and oxygen atoms in total. The van der Waals surface area contributed by atoms with Crippen molar-refractivity contribution in [2.45, 2.75) is 219 Å². The molecule has 0 bridgehead atoms. The molecular formula is C61H96O6. The molecule has 0 saturated heterocycles. The van der Waals surface area contributed by atoms with E-state index in [1.807, 2.05) is 48.6 Å². The van der Waals surface area contributed by atoms with Gasteiger partial charge in [0.25, 0.3) is 0 Å².